The van der Waals surface area contributed by atoms with Crippen LogP contribution in [0.4, 0.5) is 5.69 Å². The number of nitro groups is 1. The molecule has 2 aliphatic rings. The number of amides is 1. The third-order valence-electron chi connectivity index (χ3n) is 5.06. The van der Waals surface area contributed by atoms with E-state index in [1.165, 1.54) is 37.5 Å². The Kier molecular flexibility index (Phi) is 4.00. The standard InChI is InChI=1S/C16H20N2O4/c19-15-4-3-14(18(21)22)7-13(15)9-17-16(20)8-12-6-10-1-2-11(12)5-10/h3-4,7,10-12,19H,1-2,5-6,8-9H2,(H,17,20)/p-1/t10-,11+,12-/m0/s1. The Morgan fingerprint density at radius 3 is 2.77 bits per heavy atom. The number of nitro benzene ring substituents is 1. The second-order valence-electron chi connectivity index (χ2n) is 6.46. The molecule has 3 rings (SSSR count). The Morgan fingerprint density at radius 2 is 2.14 bits per heavy atom. The van der Waals surface area contributed by atoms with E-state index in [-0.39, 0.29) is 29.5 Å². The molecule has 6 heteroatoms. The fraction of sp³-hybridized carbons (Fsp3) is 0.562. The number of benzene rings is 1. The average molecular weight is 303 g/mol. The Balaban J connectivity index is 1.54. The fourth-order valence-corrected chi connectivity index (χ4v) is 3.95. The lowest BCUT2D eigenvalue weighted by Gasteiger charge is -2.21. The minimum atomic E-state index is -0.542. The summed E-state index contributed by atoms with van der Waals surface area (Å²) < 4.78 is 0. The van der Waals surface area contributed by atoms with Gasteiger partial charge in [-0.15, -0.1) is 5.75 Å². The summed E-state index contributed by atoms with van der Waals surface area (Å²) in [5.41, 5.74) is 0.132. The molecule has 0 heterocycles. The van der Waals surface area contributed by atoms with Gasteiger partial charge in [0.1, 0.15) is 0 Å². The summed E-state index contributed by atoms with van der Waals surface area (Å²) in [6.07, 6.45) is 5.44. The summed E-state index contributed by atoms with van der Waals surface area (Å²) in [7, 11) is 0. The largest absolute Gasteiger partial charge is 0.872 e. The van der Waals surface area contributed by atoms with E-state index in [0.29, 0.717) is 18.3 Å². The van der Waals surface area contributed by atoms with Crippen molar-refractivity contribution in [3.05, 3.63) is 33.9 Å². The van der Waals surface area contributed by atoms with Crippen LogP contribution in [0, 0.1) is 27.9 Å². The molecule has 0 saturated heterocycles. The van der Waals surface area contributed by atoms with Crippen LogP contribution in [0.25, 0.3) is 0 Å². The second-order valence-corrected chi connectivity index (χ2v) is 6.46. The highest BCUT2D eigenvalue weighted by Crippen LogP contribution is 2.49. The van der Waals surface area contributed by atoms with Crippen molar-refractivity contribution in [3.63, 3.8) is 0 Å². The topological polar surface area (TPSA) is 95.3 Å². The molecule has 2 saturated carbocycles. The number of non-ortho nitro benzene ring substituents is 1. The van der Waals surface area contributed by atoms with Crippen molar-refractivity contribution in [2.75, 3.05) is 0 Å². The SMILES string of the molecule is O=C(C[C@@H]1C[C@H]2CC[C@@H]1C2)NCc1cc([N+](=O)[O-])ccc1[O-]. The lowest BCUT2D eigenvalue weighted by molar-refractivity contribution is -0.385. The van der Waals surface area contributed by atoms with E-state index >= 15 is 0 Å². The monoisotopic (exact) mass is 303 g/mol. The minimum Gasteiger partial charge on any atom is -0.872 e. The number of rotatable bonds is 5. The molecular weight excluding hydrogens is 284 g/mol. The van der Waals surface area contributed by atoms with Gasteiger partial charge in [0, 0.05) is 25.1 Å². The van der Waals surface area contributed by atoms with E-state index in [1.54, 1.807) is 0 Å². The lowest BCUT2D eigenvalue weighted by atomic mass is 9.86. The van der Waals surface area contributed by atoms with Gasteiger partial charge in [-0.3, -0.25) is 14.9 Å². The molecule has 22 heavy (non-hydrogen) atoms. The molecular formula is C16H19N2O4-. The molecule has 1 aromatic rings. The highest BCUT2D eigenvalue weighted by Gasteiger charge is 2.39. The summed E-state index contributed by atoms with van der Waals surface area (Å²) in [5.74, 6) is 1.60. The Bertz CT molecular complexity index is 602. The van der Waals surface area contributed by atoms with E-state index in [2.05, 4.69) is 5.32 Å². The number of nitrogens with zero attached hydrogens (tertiary/aromatic N) is 1. The predicted molar refractivity (Wildman–Crippen MR) is 77.9 cm³/mol. The van der Waals surface area contributed by atoms with Crippen molar-refractivity contribution < 1.29 is 14.8 Å². The first-order valence-electron chi connectivity index (χ1n) is 7.74. The van der Waals surface area contributed by atoms with Gasteiger partial charge in [-0.1, -0.05) is 12.5 Å². The van der Waals surface area contributed by atoms with E-state index in [1.807, 2.05) is 0 Å². The number of carbonyl (C=O) groups is 1. The molecule has 118 valence electrons. The zero-order valence-electron chi connectivity index (χ0n) is 12.3. The van der Waals surface area contributed by atoms with Crippen LogP contribution in [0.3, 0.4) is 0 Å². The molecule has 0 aromatic heterocycles. The van der Waals surface area contributed by atoms with Gasteiger partial charge in [0.2, 0.25) is 5.91 Å². The Hall–Kier alpha value is -2.11. The molecule has 2 fully saturated rings. The molecule has 0 spiro atoms. The van der Waals surface area contributed by atoms with E-state index in [4.69, 9.17) is 0 Å². The van der Waals surface area contributed by atoms with Crippen molar-refractivity contribution >= 4 is 11.6 Å². The molecule has 2 aliphatic carbocycles. The van der Waals surface area contributed by atoms with E-state index < -0.39 is 4.92 Å². The van der Waals surface area contributed by atoms with Crippen LogP contribution in [0.5, 0.6) is 5.75 Å². The summed E-state index contributed by atoms with van der Waals surface area (Å²) in [5, 5.41) is 25.1. The normalized spacial score (nSPS) is 26.1. The molecule has 0 radical (unpaired) electrons. The number of hydrogen-bond donors (Lipinski definition) is 1. The van der Waals surface area contributed by atoms with Crippen LogP contribution < -0.4 is 10.4 Å². The molecule has 1 N–H and O–H groups in total. The first-order valence-corrected chi connectivity index (χ1v) is 7.74. The first kappa shape index (κ1) is 14.8. The third-order valence-corrected chi connectivity index (χ3v) is 5.06. The maximum Gasteiger partial charge on any atom is 0.269 e. The molecule has 3 atom stereocenters. The van der Waals surface area contributed by atoms with Crippen molar-refractivity contribution in [2.24, 2.45) is 17.8 Å². The minimum absolute atomic E-state index is 0.0557. The van der Waals surface area contributed by atoms with E-state index in [0.717, 1.165) is 12.3 Å². The van der Waals surface area contributed by atoms with Crippen molar-refractivity contribution in [1.29, 1.82) is 0 Å². The second kappa shape index (κ2) is 5.94. The Labute approximate surface area is 128 Å². The van der Waals surface area contributed by atoms with Gasteiger partial charge >= 0.3 is 0 Å². The van der Waals surface area contributed by atoms with Gasteiger partial charge in [-0.25, -0.2) is 0 Å². The van der Waals surface area contributed by atoms with Crippen molar-refractivity contribution in [1.82, 2.24) is 5.32 Å². The van der Waals surface area contributed by atoms with Crippen molar-refractivity contribution in [3.8, 4) is 5.75 Å². The van der Waals surface area contributed by atoms with Crippen LogP contribution in [-0.2, 0) is 11.3 Å². The molecule has 1 aromatic carbocycles. The number of carbonyl (C=O) groups excluding carboxylic acids is 1. The maximum atomic E-state index is 12.0. The van der Waals surface area contributed by atoms with Gasteiger partial charge in [0.15, 0.2) is 0 Å². The van der Waals surface area contributed by atoms with Gasteiger partial charge < -0.3 is 10.4 Å². The smallest absolute Gasteiger partial charge is 0.269 e. The molecule has 1 amide bonds. The maximum absolute atomic E-state index is 12.0. The van der Waals surface area contributed by atoms with Crippen LogP contribution >= 0.6 is 0 Å². The zero-order chi connectivity index (χ0) is 15.7. The zero-order valence-corrected chi connectivity index (χ0v) is 12.3. The van der Waals surface area contributed by atoms with Crippen molar-refractivity contribution in [2.45, 2.75) is 38.6 Å². The lowest BCUT2D eigenvalue weighted by Crippen LogP contribution is -2.27. The highest BCUT2D eigenvalue weighted by atomic mass is 16.6. The molecule has 0 aliphatic heterocycles. The van der Waals surface area contributed by atoms with E-state index in [9.17, 15) is 20.0 Å². The fourth-order valence-electron chi connectivity index (χ4n) is 3.95. The molecule has 0 unspecified atom stereocenters. The average Bonchev–Trinajstić information content (AvgIpc) is 3.08. The number of fused-ring (bicyclic) bond motifs is 2. The summed E-state index contributed by atoms with van der Waals surface area (Å²) in [6.45, 7) is 0.0557. The van der Waals surface area contributed by atoms with Crippen LogP contribution in [0.15, 0.2) is 18.2 Å². The van der Waals surface area contributed by atoms with Gasteiger partial charge in [-0.05, 0) is 42.6 Å². The van der Waals surface area contributed by atoms with Gasteiger partial charge in [-0.2, -0.15) is 0 Å². The molecule has 6 nitrogen and oxygen atoms in total. The summed E-state index contributed by atoms with van der Waals surface area (Å²) in [4.78, 5) is 22.2. The summed E-state index contributed by atoms with van der Waals surface area (Å²) >= 11 is 0. The quantitative estimate of drug-likeness (QED) is 0.665. The highest BCUT2D eigenvalue weighted by molar-refractivity contribution is 5.76. The number of nitrogens with one attached hydrogen (secondary N) is 1. The number of hydrogen-bond acceptors (Lipinski definition) is 4. The van der Waals surface area contributed by atoms with Crippen LogP contribution in [0.1, 0.15) is 37.7 Å². The van der Waals surface area contributed by atoms with Crippen LogP contribution in [0.2, 0.25) is 0 Å². The van der Waals surface area contributed by atoms with Gasteiger partial charge in [0.05, 0.1) is 4.92 Å². The third kappa shape index (κ3) is 3.05. The molecule has 2 bridgehead atoms. The van der Waals surface area contributed by atoms with Crippen LogP contribution in [-0.4, -0.2) is 10.8 Å². The summed E-state index contributed by atoms with van der Waals surface area (Å²) in [6, 6.07) is 3.60. The van der Waals surface area contributed by atoms with Gasteiger partial charge in [0.25, 0.3) is 5.69 Å². The Morgan fingerprint density at radius 1 is 1.32 bits per heavy atom. The predicted octanol–water partition coefficient (Wildman–Crippen LogP) is 2.11. The first-order chi connectivity index (χ1) is 10.5.